The van der Waals surface area contributed by atoms with Crippen LogP contribution in [0.15, 0.2) is 41.2 Å². The largest absolute Gasteiger partial charge is 0.497 e. The lowest BCUT2D eigenvalue weighted by atomic mass is 9.53. The van der Waals surface area contributed by atoms with E-state index in [0.29, 0.717) is 17.8 Å². The van der Waals surface area contributed by atoms with Gasteiger partial charge in [-0.25, -0.2) is 4.68 Å². The number of aryl methyl sites for hydroxylation is 1. The Morgan fingerprint density at radius 2 is 1.86 bits per heavy atom. The fourth-order valence-electron chi connectivity index (χ4n) is 4.98. The first-order valence-electron chi connectivity index (χ1n) is 10.0. The number of nitrogens with one attached hydrogen (secondary N) is 1. The molecule has 2 fully saturated rings. The van der Waals surface area contributed by atoms with Crippen molar-refractivity contribution in [3.05, 3.63) is 58.0 Å². The molecular formula is C22H27N3O3. The first-order chi connectivity index (χ1) is 13.6. The number of hydrogen-bond acceptors (Lipinski definition) is 4. The second kappa shape index (κ2) is 7.78. The number of amides is 1. The van der Waals surface area contributed by atoms with Gasteiger partial charge in [0.05, 0.1) is 12.8 Å². The van der Waals surface area contributed by atoms with Gasteiger partial charge in [0, 0.05) is 18.0 Å². The fourth-order valence-corrected chi connectivity index (χ4v) is 4.98. The smallest absolute Gasteiger partial charge is 0.267 e. The maximum atomic E-state index is 12.7. The highest BCUT2D eigenvalue weighted by molar-refractivity contribution is 5.76. The van der Waals surface area contributed by atoms with Gasteiger partial charge in [-0.2, -0.15) is 5.10 Å². The van der Waals surface area contributed by atoms with Crippen LogP contribution in [0.2, 0.25) is 0 Å². The maximum absolute atomic E-state index is 12.7. The highest BCUT2D eigenvalue weighted by atomic mass is 16.5. The fraction of sp³-hybridized carbons (Fsp3) is 0.500. The summed E-state index contributed by atoms with van der Waals surface area (Å²) in [6, 6.07) is 11.4. The second-order valence-electron chi connectivity index (χ2n) is 7.98. The van der Waals surface area contributed by atoms with E-state index in [2.05, 4.69) is 22.5 Å². The van der Waals surface area contributed by atoms with Gasteiger partial charge in [0.2, 0.25) is 5.91 Å². The quantitative estimate of drug-likeness (QED) is 0.864. The molecule has 0 radical (unpaired) electrons. The van der Waals surface area contributed by atoms with Gasteiger partial charge < -0.3 is 10.1 Å². The van der Waals surface area contributed by atoms with Crippen molar-refractivity contribution in [3.8, 4) is 5.75 Å². The normalized spacial score (nSPS) is 26.1. The Kier molecular flexibility index (Phi) is 5.20. The van der Waals surface area contributed by atoms with Gasteiger partial charge in [-0.3, -0.25) is 9.59 Å². The number of hydrogen-bond donors (Lipinski definition) is 1. The number of carbonyl (C=O) groups is 1. The Bertz CT molecular complexity index is 906. The monoisotopic (exact) mass is 381 g/mol. The molecule has 6 heteroatoms. The molecule has 2 aliphatic carbocycles. The molecule has 2 aromatic rings. The molecule has 28 heavy (non-hydrogen) atoms. The summed E-state index contributed by atoms with van der Waals surface area (Å²) < 4.78 is 6.52. The Labute approximate surface area is 164 Å². The molecule has 1 amide bonds. The zero-order chi connectivity index (χ0) is 19.7. The minimum Gasteiger partial charge on any atom is -0.497 e. The number of fused-ring (bicyclic) bond motifs is 1. The van der Waals surface area contributed by atoms with Crippen LogP contribution in [0.3, 0.4) is 0 Å². The van der Waals surface area contributed by atoms with Gasteiger partial charge >= 0.3 is 0 Å². The van der Waals surface area contributed by atoms with Crippen LogP contribution in [0.4, 0.5) is 0 Å². The van der Waals surface area contributed by atoms with Crippen LogP contribution in [-0.4, -0.2) is 28.8 Å². The molecule has 6 nitrogen and oxygen atoms in total. The molecule has 1 heterocycles. The molecular weight excluding hydrogens is 354 g/mol. The zero-order valence-corrected chi connectivity index (χ0v) is 16.4. The average Bonchev–Trinajstić information content (AvgIpc) is 2.70. The molecule has 0 aliphatic heterocycles. The highest BCUT2D eigenvalue weighted by Crippen LogP contribution is 2.54. The molecule has 0 saturated heterocycles. The van der Waals surface area contributed by atoms with Crippen LogP contribution in [-0.2, 0) is 11.3 Å². The van der Waals surface area contributed by atoms with E-state index in [4.69, 9.17) is 4.74 Å². The minimum absolute atomic E-state index is 0.0380. The number of rotatable bonds is 5. The second-order valence-corrected chi connectivity index (χ2v) is 7.98. The average molecular weight is 381 g/mol. The molecule has 2 aliphatic rings. The van der Waals surface area contributed by atoms with Crippen LogP contribution in [0.5, 0.6) is 5.75 Å². The Morgan fingerprint density at radius 1 is 1.14 bits per heavy atom. The predicted octanol–water partition coefficient (Wildman–Crippen LogP) is 2.65. The summed E-state index contributed by atoms with van der Waals surface area (Å²) in [5.74, 6) is 2.16. The van der Waals surface area contributed by atoms with E-state index in [-0.39, 0.29) is 24.1 Å². The Hall–Kier alpha value is -2.63. The standard InChI is InChI=1S/C22H27N3O3/c1-14-7-12-20(27)25(24-14)13-19(26)23-22-18-6-4-3-5-17(18)21(22)15-8-10-16(28-2)11-9-15/h7-12,17-18,21-22H,3-6,13H2,1-2H3,(H,23,26)/t17-,18+,21-,22-/m0/s1. The number of ether oxygens (including phenoxy) is 1. The lowest BCUT2D eigenvalue weighted by Crippen LogP contribution is -2.59. The summed E-state index contributed by atoms with van der Waals surface area (Å²) in [5.41, 5.74) is 1.72. The van der Waals surface area contributed by atoms with Crippen LogP contribution in [0.25, 0.3) is 0 Å². The summed E-state index contributed by atoms with van der Waals surface area (Å²) in [4.78, 5) is 24.7. The molecule has 0 bridgehead atoms. The van der Waals surface area contributed by atoms with Crippen LogP contribution < -0.4 is 15.6 Å². The summed E-state index contributed by atoms with van der Waals surface area (Å²) in [6.07, 6.45) is 4.86. The van der Waals surface area contributed by atoms with Crippen molar-refractivity contribution in [2.75, 3.05) is 7.11 Å². The number of methoxy groups -OCH3 is 1. The molecule has 4 atom stereocenters. The molecule has 0 unspecified atom stereocenters. The third kappa shape index (κ3) is 3.55. The van der Waals surface area contributed by atoms with Gasteiger partial charge in [-0.1, -0.05) is 25.0 Å². The molecule has 1 aromatic carbocycles. The molecule has 148 valence electrons. The van der Waals surface area contributed by atoms with Gasteiger partial charge in [-0.05, 0) is 55.4 Å². The maximum Gasteiger partial charge on any atom is 0.267 e. The van der Waals surface area contributed by atoms with Crippen molar-refractivity contribution in [3.63, 3.8) is 0 Å². The van der Waals surface area contributed by atoms with Crippen molar-refractivity contribution in [1.82, 2.24) is 15.1 Å². The number of aromatic nitrogens is 2. The predicted molar refractivity (Wildman–Crippen MR) is 106 cm³/mol. The number of benzene rings is 1. The lowest BCUT2D eigenvalue weighted by molar-refractivity contribution is -0.125. The van der Waals surface area contributed by atoms with Gasteiger partial charge in [0.1, 0.15) is 12.3 Å². The van der Waals surface area contributed by atoms with E-state index in [1.807, 2.05) is 19.1 Å². The van der Waals surface area contributed by atoms with Gasteiger partial charge in [0.15, 0.2) is 0 Å². The van der Waals surface area contributed by atoms with Crippen molar-refractivity contribution in [1.29, 1.82) is 0 Å². The summed E-state index contributed by atoms with van der Waals surface area (Å²) in [6.45, 7) is 1.77. The van der Waals surface area contributed by atoms with E-state index in [9.17, 15) is 9.59 Å². The minimum atomic E-state index is -0.253. The van der Waals surface area contributed by atoms with Crippen molar-refractivity contribution < 1.29 is 9.53 Å². The van der Waals surface area contributed by atoms with Crippen molar-refractivity contribution in [2.24, 2.45) is 11.8 Å². The van der Waals surface area contributed by atoms with Gasteiger partial charge in [0.25, 0.3) is 5.56 Å². The highest BCUT2D eigenvalue weighted by Gasteiger charge is 2.51. The van der Waals surface area contributed by atoms with E-state index >= 15 is 0 Å². The SMILES string of the molecule is COc1ccc([C@H]2[C@H]3CCCC[C@H]3[C@@H]2NC(=O)Cn2nc(C)ccc2=O)cc1. The van der Waals surface area contributed by atoms with Crippen LogP contribution in [0, 0.1) is 18.8 Å². The van der Waals surface area contributed by atoms with Crippen LogP contribution in [0.1, 0.15) is 42.9 Å². The van der Waals surface area contributed by atoms with E-state index in [1.165, 1.54) is 35.6 Å². The molecule has 2 saturated carbocycles. The molecule has 1 aromatic heterocycles. The topological polar surface area (TPSA) is 73.2 Å². The van der Waals surface area contributed by atoms with Gasteiger partial charge in [-0.15, -0.1) is 0 Å². The summed E-state index contributed by atoms with van der Waals surface area (Å²) in [5, 5.41) is 7.39. The third-order valence-electron chi connectivity index (χ3n) is 6.31. The number of carbonyl (C=O) groups excluding carboxylic acids is 1. The van der Waals surface area contributed by atoms with E-state index < -0.39 is 0 Å². The van der Waals surface area contributed by atoms with Crippen molar-refractivity contribution >= 4 is 5.91 Å². The van der Waals surface area contributed by atoms with Crippen molar-refractivity contribution in [2.45, 2.75) is 51.1 Å². The molecule has 1 N–H and O–H groups in total. The molecule has 0 spiro atoms. The van der Waals surface area contributed by atoms with E-state index in [0.717, 1.165) is 17.9 Å². The Balaban J connectivity index is 1.51. The Morgan fingerprint density at radius 3 is 2.57 bits per heavy atom. The van der Waals surface area contributed by atoms with Crippen LogP contribution >= 0.6 is 0 Å². The number of nitrogens with zero attached hydrogens (tertiary/aromatic N) is 2. The summed E-state index contributed by atoms with van der Waals surface area (Å²) in [7, 11) is 1.67. The summed E-state index contributed by atoms with van der Waals surface area (Å²) >= 11 is 0. The molecule has 4 rings (SSSR count). The lowest BCUT2D eigenvalue weighted by Gasteiger charge is -2.55. The van der Waals surface area contributed by atoms with E-state index in [1.54, 1.807) is 13.2 Å². The third-order valence-corrected chi connectivity index (χ3v) is 6.31. The first kappa shape index (κ1) is 18.7. The zero-order valence-electron chi connectivity index (χ0n) is 16.4. The first-order valence-corrected chi connectivity index (χ1v) is 10.0.